The van der Waals surface area contributed by atoms with Gasteiger partial charge in [0.05, 0.1) is 0 Å². The van der Waals surface area contributed by atoms with E-state index in [1.165, 1.54) is 4.90 Å². The number of hydrogen-bond acceptors (Lipinski definition) is 2. The molecule has 2 amide bonds. The van der Waals surface area contributed by atoms with E-state index in [2.05, 4.69) is 12.2 Å². The Hall–Kier alpha value is -1.26. The maximum Gasteiger partial charge on any atom is 0.323 e. The average Bonchev–Trinajstić information content (AvgIpc) is 2.19. The second-order valence-electron chi connectivity index (χ2n) is 5.03. The molecule has 1 aliphatic rings. The van der Waals surface area contributed by atoms with Gasteiger partial charge >= 0.3 is 12.0 Å². The SMILES string of the molecule is CCC1(NC(=O)N(CC(=O)O)C(C)C)CCC1. The summed E-state index contributed by atoms with van der Waals surface area (Å²) in [6.07, 6.45) is 4.02. The summed E-state index contributed by atoms with van der Waals surface area (Å²) in [6.45, 7) is 5.45. The van der Waals surface area contributed by atoms with E-state index in [0.717, 1.165) is 25.7 Å². The minimum absolute atomic E-state index is 0.0945. The molecule has 0 spiro atoms. The van der Waals surface area contributed by atoms with Crippen LogP contribution in [0.25, 0.3) is 0 Å². The molecule has 0 unspecified atom stereocenters. The highest BCUT2D eigenvalue weighted by molar-refractivity contribution is 5.81. The third-order valence-corrected chi connectivity index (χ3v) is 3.55. The zero-order valence-corrected chi connectivity index (χ0v) is 10.8. The Morgan fingerprint density at radius 1 is 1.41 bits per heavy atom. The highest BCUT2D eigenvalue weighted by atomic mass is 16.4. The third kappa shape index (κ3) is 3.35. The molecule has 0 aromatic heterocycles. The Bertz CT molecular complexity index is 293. The van der Waals surface area contributed by atoms with Crippen molar-refractivity contribution in [1.29, 1.82) is 0 Å². The van der Waals surface area contributed by atoms with Gasteiger partial charge in [0.25, 0.3) is 0 Å². The van der Waals surface area contributed by atoms with E-state index in [1.54, 1.807) is 0 Å². The number of amides is 2. The molecule has 1 saturated carbocycles. The topological polar surface area (TPSA) is 69.6 Å². The first kappa shape index (κ1) is 13.8. The van der Waals surface area contributed by atoms with Gasteiger partial charge in [-0.3, -0.25) is 4.79 Å². The lowest BCUT2D eigenvalue weighted by Gasteiger charge is -2.43. The van der Waals surface area contributed by atoms with Crippen molar-refractivity contribution in [2.75, 3.05) is 6.54 Å². The molecule has 5 nitrogen and oxygen atoms in total. The quantitative estimate of drug-likeness (QED) is 0.772. The third-order valence-electron chi connectivity index (χ3n) is 3.55. The van der Waals surface area contributed by atoms with Gasteiger partial charge in [0.2, 0.25) is 0 Å². The van der Waals surface area contributed by atoms with Crippen LogP contribution < -0.4 is 5.32 Å². The molecule has 0 aromatic rings. The zero-order valence-electron chi connectivity index (χ0n) is 10.8. The number of carbonyl (C=O) groups is 2. The van der Waals surface area contributed by atoms with Gasteiger partial charge < -0.3 is 15.3 Å². The summed E-state index contributed by atoms with van der Waals surface area (Å²) in [5.41, 5.74) is -0.0945. The van der Waals surface area contributed by atoms with Gasteiger partial charge in [-0.05, 0) is 39.5 Å². The summed E-state index contributed by atoms with van der Waals surface area (Å²) < 4.78 is 0. The van der Waals surface area contributed by atoms with Crippen molar-refractivity contribution in [3.8, 4) is 0 Å². The number of carbonyl (C=O) groups excluding carboxylic acids is 1. The van der Waals surface area contributed by atoms with Gasteiger partial charge in [0.15, 0.2) is 0 Å². The van der Waals surface area contributed by atoms with Crippen molar-refractivity contribution in [1.82, 2.24) is 10.2 Å². The summed E-state index contributed by atoms with van der Waals surface area (Å²) in [4.78, 5) is 24.1. The Labute approximate surface area is 102 Å². The van der Waals surface area contributed by atoms with Crippen LogP contribution in [0.1, 0.15) is 46.5 Å². The molecule has 0 aliphatic heterocycles. The minimum atomic E-state index is -0.979. The standard InChI is InChI=1S/C12H22N2O3/c1-4-12(6-5-7-12)13-11(17)14(9(2)3)8-10(15)16/h9H,4-8H2,1-3H3,(H,13,17)(H,15,16). The molecular weight excluding hydrogens is 220 g/mol. The summed E-state index contributed by atoms with van der Waals surface area (Å²) in [7, 11) is 0. The summed E-state index contributed by atoms with van der Waals surface area (Å²) in [5, 5.41) is 11.8. The maximum absolute atomic E-state index is 12.0. The van der Waals surface area contributed by atoms with Crippen LogP contribution in [0.3, 0.4) is 0 Å². The van der Waals surface area contributed by atoms with E-state index >= 15 is 0 Å². The Balaban J connectivity index is 2.61. The molecule has 2 N–H and O–H groups in total. The Morgan fingerprint density at radius 2 is 2.00 bits per heavy atom. The first-order chi connectivity index (χ1) is 7.90. The fourth-order valence-corrected chi connectivity index (χ4v) is 2.10. The largest absolute Gasteiger partial charge is 0.480 e. The van der Waals surface area contributed by atoms with Gasteiger partial charge in [0.1, 0.15) is 6.54 Å². The fourth-order valence-electron chi connectivity index (χ4n) is 2.10. The molecule has 5 heteroatoms. The number of urea groups is 1. The number of aliphatic carboxylic acids is 1. The number of nitrogens with zero attached hydrogens (tertiary/aromatic N) is 1. The van der Waals surface area contributed by atoms with Crippen LogP contribution in [0.5, 0.6) is 0 Å². The molecule has 0 radical (unpaired) electrons. The van der Waals surface area contributed by atoms with Crippen molar-refractivity contribution in [2.45, 2.75) is 58.0 Å². The molecule has 1 fully saturated rings. The second kappa shape index (κ2) is 5.38. The van der Waals surface area contributed by atoms with Gasteiger partial charge in [-0.25, -0.2) is 4.79 Å². The van der Waals surface area contributed by atoms with Gasteiger partial charge in [-0.15, -0.1) is 0 Å². The van der Waals surface area contributed by atoms with Crippen molar-refractivity contribution in [2.24, 2.45) is 0 Å². The van der Waals surface area contributed by atoms with Crippen LogP contribution in [0.15, 0.2) is 0 Å². The maximum atomic E-state index is 12.0. The lowest BCUT2D eigenvalue weighted by atomic mass is 9.75. The lowest BCUT2D eigenvalue weighted by molar-refractivity contribution is -0.138. The van der Waals surface area contributed by atoms with Crippen LogP contribution in [-0.2, 0) is 4.79 Å². The van der Waals surface area contributed by atoms with Crippen LogP contribution in [0.4, 0.5) is 4.79 Å². The zero-order chi connectivity index (χ0) is 13.1. The summed E-state index contributed by atoms with van der Waals surface area (Å²) in [6, 6.07) is -0.371. The van der Waals surface area contributed by atoms with E-state index < -0.39 is 5.97 Å². The van der Waals surface area contributed by atoms with E-state index in [9.17, 15) is 9.59 Å². The highest BCUT2D eigenvalue weighted by Crippen LogP contribution is 2.34. The molecule has 98 valence electrons. The molecule has 0 saturated heterocycles. The molecule has 0 atom stereocenters. The predicted molar refractivity (Wildman–Crippen MR) is 64.9 cm³/mol. The van der Waals surface area contributed by atoms with Crippen molar-refractivity contribution >= 4 is 12.0 Å². The summed E-state index contributed by atoms with van der Waals surface area (Å²) >= 11 is 0. The van der Waals surface area contributed by atoms with Crippen LogP contribution >= 0.6 is 0 Å². The van der Waals surface area contributed by atoms with E-state index in [-0.39, 0.29) is 24.2 Å². The fraction of sp³-hybridized carbons (Fsp3) is 0.833. The van der Waals surface area contributed by atoms with Crippen LogP contribution in [0, 0.1) is 0 Å². The Kier molecular flexibility index (Phi) is 4.37. The van der Waals surface area contributed by atoms with Gasteiger partial charge in [-0.2, -0.15) is 0 Å². The van der Waals surface area contributed by atoms with Gasteiger partial charge in [-0.1, -0.05) is 6.92 Å². The molecule has 1 rings (SSSR count). The molecule has 1 aliphatic carbocycles. The highest BCUT2D eigenvalue weighted by Gasteiger charge is 2.38. The van der Waals surface area contributed by atoms with E-state index in [4.69, 9.17) is 5.11 Å². The Morgan fingerprint density at radius 3 is 2.29 bits per heavy atom. The summed E-state index contributed by atoms with van der Waals surface area (Å²) in [5.74, 6) is -0.979. The first-order valence-corrected chi connectivity index (χ1v) is 6.21. The van der Waals surface area contributed by atoms with Gasteiger partial charge in [0, 0.05) is 11.6 Å². The number of rotatable bonds is 5. The molecule has 0 heterocycles. The number of hydrogen-bond donors (Lipinski definition) is 2. The van der Waals surface area contributed by atoms with Crippen LogP contribution in [0.2, 0.25) is 0 Å². The van der Waals surface area contributed by atoms with Crippen molar-refractivity contribution in [3.63, 3.8) is 0 Å². The second-order valence-corrected chi connectivity index (χ2v) is 5.03. The number of carboxylic acid groups (broad SMARTS) is 1. The predicted octanol–water partition coefficient (Wildman–Crippen LogP) is 1.82. The normalized spacial score (nSPS) is 17.4. The first-order valence-electron chi connectivity index (χ1n) is 6.21. The lowest BCUT2D eigenvalue weighted by Crippen LogP contribution is -2.58. The average molecular weight is 242 g/mol. The molecule has 0 bridgehead atoms. The van der Waals surface area contributed by atoms with Crippen molar-refractivity contribution in [3.05, 3.63) is 0 Å². The number of carboxylic acids is 1. The van der Waals surface area contributed by atoms with E-state index in [1.807, 2.05) is 13.8 Å². The monoisotopic (exact) mass is 242 g/mol. The van der Waals surface area contributed by atoms with Crippen molar-refractivity contribution < 1.29 is 14.7 Å². The van der Waals surface area contributed by atoms with Crippen LogP contribution in [-0.4, -0.2) is 40.1 Å². The van der Waals surface area contributed by atoms with E-state index in [0.29, 0.717) is 0 Å². The number of nitrogens with one attached hydrogen (secondary N) is 1. The molecule has 0 aromatic carbocycles. The molecule has 17 heavy (non-hydrogen) atoms. The molecular formula is C12H22N2O3. The smallest absolute Gasteiger partial charge is 0.323 e. The minimum Gasteiger partial charge on any atom is -0.480 e.